The molecule has 0 aliphatic carbocycles. The lowest BCUT2D eigenvalue weighted by Crippen LogP contribution is -2.04. The van der Waals surface area contributed by atoms with Gasteiger partial charge >= 0.3 is 0 Å². The molecule has 0 saturated carbocycles. The second-order valence-corrected chi connectivity index (χ2v) is 5.72. The summed E-state index contributed by atoms with van der Waals surface area (Å²) in [6.07, 6.45) is 0. The summed E-state index contributed by atoms with van der Waals surface area (Å²) in [5.41, 5.74) is 5.79. The van der Waals surface area contributed by atoms with Crippen LogP contribution < -0.4 is 11.1 Å². The van der Waals surface area contributed by atoms with E-state index in [2.05, 4.69) is 20.7 Å². The number of hydrogen-bond acceptors (Lipinski definition) is 7. The molecule has 0 radical (unpaired) electrons. The second-order valence-electron chi connectivity index (χ2n) is 3.60. The number of anilines is 3. The Morgan fingerprint density at radius 3 is 2.55 bits per heavy atom. The molecule has 1 heterocycles. The highest BCUT2D eigenvalue weighted by molar-refractivity contribution is 7.86. The van der Waals surface area contributed by atoms with Gasteiger partial charge in [0, 0.05) is 5.69 Å². The third-order valence-corrected chi connectivity index (χ3v) is 3.86. The van der Waals surface area contributed by atoms with Gasteiger partial charge in [-0.3, -0.25) is 4.55 Å². The van der Waals surface area contributed by atoms with Crippen LogP contribution in [0.4, 0.5) is 17.2 Å². The van der Waals surface area contributed by atoms with Crippen LogP contribution in [0.3, 0.4) is 0 Å². The first-order valence-electron chi connectivity index (χ1n) is 4.97. The van der Waals surface area contributed by atoms with Crippen LogP contribution in [0, 0.1) is 0 Å². The Balaban J connectivity index is 2.36. The molecule has 2 rings (SSSR count). The Labute approximate surface area is 123 Å². The van der Waals surface area contributed by atoms with Crippen LogP contribution in [-0.2, 0) is 10.1 Å². The van der Waals surface area contributed by atoms with E-state index in [1.54, 1.807) is 0 Å². The van der Waals surface area contributed by atoms with E-state index in [0.29, 0.717) is 5.69 Å². The van der Waals surface area contributed by atoms with Crippen molar-refractivity contribution in [3.05, 3.63) is 28.4 Å². The quantitative estimate of drug-likeness (QED) is 0.571. The fourth-order valence-electron chi connectivity index (χ4n) is 1.37. The van der Waals surface area contributed by atoms with Gasteiger partial charge in [0.1, 0.15) is 9.92 Å². The highest BCUT2D eigenvalue weighted by atomic mass is 35.5. The third kappa shape index (κ3) is 3.07. The summed E-state index contributed by atoms with van der Waals surface area (Å²) >= 11 is 11.5. The van der Waals surface area contributed by atoms with Gasteiger partial charge in [0.15, 0.2) is 11.0 Å². The fraction of sp³-hybridized carbons (Fsp3) is 0. The lowest BCUT2D eigenvalue weighted by atomic mass is 10.3. The Hall–Kier alpha value is -1.68. The van der Waals surface area contributed by atoms with Crippen molar-refractivity contribution in [1.82, 2.24) is 15.4 Å². The molecule has 8 nitrogen and oxygen atoms in total. The molecule has 0 aliphatic heterocycles. The first-order chi connectivity index (χ1) is 9.29. The number of rotatable bonds is 3. The van der Waals surface area contributed by atoms with Gasteiger partial charge in [-0.2, -0.15) is 8.42 Å². The van der Waals surface area contributed by atoms with Gasteiger partial charge in [0.2, 0.25) is 0 Å². The number of halogens is 2. The van der Waals surface area contributed by atoms with E-state index in [1.807, 2.05) is 0 Å². The second kappa shape index (κ2) is 5.37. The zero-order valence-electron chi connectivity index (χ0n) is 9.58. The van der Waals surface area contributed by atoms with E-state index in [1.165, 1.54) is 12.1 Å². The molecule has 2 aromatic rings. The summed E-state index contributed by atoms with van der Waals surface area (Å²) in [4.78, 5) is -0.395. The molecule has 11 heteroatoms. The summed E-state index contributed by atoms with van der Waals surface area (Å²) in [5.74, 6) is 0.130. The molecular formula is C9H7Cl2N5O3S. The van der Waals surface area contributed by atoms with Gasteiger partial charge in [-0.05, 0) is 23.4 Å². The number of benzene rings is 1. The lowest BCUT2D eigenvalue weighted by molar-refractivity contribution is 0.483. The van der Waals surface area contributed by atoms with E-state index in [9.17, 15) is 8.42 Å². The van der Waals surface area contributed by atoms with Gasteiger partial charge in [-0.25, -0.2) is 0 Å². The van der Waals surface area contributed by atoms with E-state index >= 15 is 0 Å². The number of nitrogens with one attached hydrogen (secondary N) is 1. The minimum atomic E-state index is -4.38. The molecule has 0 fully saturated rings. The molecule has 20 heavy (non-hydrogen) atoms. The number of aromatic nitrogens is 3. The maximum Gasteiger partial charge on any atom is 0.296 e. The monoisotopic (exact) mass is 335 g/mol. The standard InChI is InChI=1S/C9H7Cl2N5O3S/c10-7-8(11)14-16-15-9(7)13-4-1-2-6(5(12)3-4)20(17,18)19/h1-3H,12H2,(H,13,14,15)(H,17,18,19). The number of nitrogen functional groups attached to an aromatic ring is 1. The highest BCUT2D eigenvalue weighted by Crippen LogP contribution is 2.29. The topological polar surface area (TPSA) is 131 Å². The van der Waals surface area contributed by atoms with Gasteiger partial charge in [0.25, 0.3) is 10.1 Å². The van der Waals surface area contributed by atoms with Crippen LogP contribution in [0.5, 0.6) is 0 Å². The average molecular weight is 336 g/mol. The lowest BCUT2D eigenvalue weighted by Gasteiger charge is -2.09. The molecule has 4 N–H and O–H groups in total. The Bertz CT molecular complexity index is 768. The smallest absolute Gasteiger partial charge is 0.296 e. The number of nitrogens with two attached hydrogens (primary N) is 1. The van der Waals surface area contributed by atoms with E-state index in [0.717, 1.165) is 6.07 Å². The minimum Gasteiger partial charge on any atom is -0.398 e. The fourth-order valence-corrected chi connectivity index (χ4v) is 2.21. The van der Waals surface area contributed by atoms with Gasteiger partial charge in [-0.1, -0.05) is 23.2 Å². The normalized spacial score (nSPS) is 11.3. The summed E-state index contributed by atoms with van der Waals surface area (Å²) in [7, 11) is -4.38. The summed E-state index contributed by atoms with van der Waals surface area (Å²) in [6.45, 7) is 0. The van der Waals surface area contributed by atoms with Crippen molar-refractivity contribution in [3.8, 4) is 0 Å². The molecular weight excluding hydrogens is 329 g/mol. The molecule has 0 unspecified atom stereocenters. The van der Waals surface area contributed by atoms with Crippen molar-refractivity contribution in [1.29, 1.82) is 0 Å². The Morgan fingerprint density at radius 2 is 1.95 bits per heavy atom. The van der Waals surface area contributed by atoms with Crippen molar-refractivity contribution < 1.29 is 13.0 Å². The molecule has 106 valence electrons. The minimum absolute atomic E-state index is 0.0355. The molecule has 0 aliphatic rings. The van der Waals surface area contributed by atoms with Crippen LogP contribution in [0.25, 0.3) is 0 Å². The van der Waals surface area contributed by atoms with Crippen molar-refractivity contribution in [2.75, 3.05) is 11.1 Å². The summed E-state index contributed by atoms with van der Waals surface area (Å²) in [5, 5.41) is 13.2. The van der Waals surface area contributed by atoms with Crippen molar-refractivity contribution in [2.24, 2.45) is 0 Å². The average Bonchev–Trinajstić information content (AvgIpc) is 2.33. The first-order valence-corrected chi connectivity index (χ1v) is 7.17. The maximum absolute atomic E-state index is 11.0. The molecule has 0 amide bonds. The van der Waals surface area contributed by atoms with Crippen LogP contribution >= 0.6 is 23.2 Å². The van der Waals surface area contributed by atoms with Crippen LogP contribution in [0.1, 0.15) is 0 Å². The molecule has 1 aromatic heterocycles. The zero-order valence-corrected chi connectivity index (χ0v) is 11.9. The van der Waals surface area contributed by atoms with E-state index in [4.69, 9.17) is 33.5 Å². The molecule has 0 saturated heterocycles. The van der Waals surface area contributed by atoms with E-state index in [-0.39, 0.29) is 21.7 Å². The zero-order chi connectivity index (χ0) is 14.9. The Kier molecular flexibility index (Phi) is 3.95. The molecule has 0 bridgehead atoms. The number of hydrogen-bond donors (Lipinski definition) is 3. The maximum atomic E-state index is 11.0. The predicted octanol–water partition coefficient (Wildman–Crippen LogP) is 1.75. The van der Waals surface area contributed by atoms with Crippen molar-refractivity contribution >= 4 is 50.5 Å². The predicted molar refractivity (Wildman–Crippen MR) is 73.8 cm³/mol. The largest absolute Gasteiger partial charge is 0.398 e. The van der Waals surface area contributed by atoms with Gasteiger partial charge < -0.3 is 11.1 Å². The first kappa shape index (κ1) is 14.7. The van der Waals surface area contributed by atoms with Crippen LogP contribution in [0.2, 0.25) is 10.2 Å². The molecule has 0 spiro atoms. The summed E-state index contributed by atoms with van der Waals surface area (Å²) in [6, 6.07) is 3.79. The van der Waals surface area contributed by atoms with Crippen LogP contribution in [-0.4, -0.2) is 28.4 Å². The molecule has 0 atom stereocenters. The summed E-state index contributed by atoms with van der Waals surface area (Å²) < 4.78 is 30.9. The van der Waals surface area contributed by atoms with Crippen molar-refractivity contribution in [3.63, 3.8) is 0 Å². The number of nitrogens with zero attached hydrogens (tertiary/aromatic N) is 3. The van der Waals surface area contributed by atoms with Crippen LogP contribution in [0.15, 0.2) is 23.1 Å². The third-order valence-electron chi connectivity index (χ3n) is 2.22. The Morgan fingerprint density at radius 1 is 1.25 bits per heavy atom. The van der Waals surface area contributed by atoms with E-state index < -0.39 is 15.0 Å². The highest BCUT2D eigenvalue weighted by Gasteiger charge is 2.15. The van der Waals surface area contributed by atoms with Crippen molar-refractivity contribution in [2.45, 2.75) is 4.90 Å². The SMILES string of the molecule is Nc1cc(Nc2nnnc(Cl)c2Cl)ccc1S(=O)(=O)O. The van der Waals surface area contributed by atoms with Gasteiger partial charge in [0.05, 0.1) is 5.69 Å². The molecule has 1 aromatic carbocycles. The van der Waals surface area contributed by atoms with Gasteiger partial charge in [-0.15, -0.1) is 10.2 Å².